The fourth-order valence-electron chi connectivity index (χ4n) is 3.16. The number of carbonyl (C=O) groups is 1. The van der Waals surface area contributed by atoms with Gasteiger partial charge in [0.25, 0.3) is 5.56 Å². The molecule has 1 aromatic carbocycles. The number of amides is 1. The second-order valence-electron chi connectivity index (χ2n) is 6.79. The second kappa shape index (κ2) is 11.1. The van der Waals surface area contributed by atoms with Crippen LogP contribution in [0.1, 0.15) is 26.2 Å². The van der Waals surface area contributed by atoms with Gasteiger partial charge in [0.05, 0.1) is 22.8 Å². The third-order valence-corrected chi connectivity index (χ3v) is 6.11. The van der Waals surface area contributed by atoms with Gasteiger partial charge in [0, 0.05) is 37.4 Å². The Bertz CT molecular complexity index is 899. The number of nitrogens with zero attached hydrogens (tertiary/aromatic N) is 2. The summed E-state index contributed by atoms with van der Waals surface area (Å²) in [6, 6.07) is 5.45. The summed E-state index contributed by atoms with van der Waals surface area (Å²) >= 11 is 4.69. The van der Waals surface area contributed by atoms with E-state index in [0.717, 1.165) is 23.9 Å². The van der Waals surface area contributed by atoms with E-state index in [1.165, 1.54) is 11.8 Å². The van der Waals surface area contributed by atoms with Crippen LogP contribution in [-0.2, 0) is 20.8 Å². The normalized spacial score (nSPS) is 16.4. The highest BCUT2D eigenvalue weighted by molar-refractivity contribution is 9.10. The predicted octanol–water partition coefficient (Wildman–Crippen LogP) is 2.97. The van der Waals surface area contributed by atoms with Crippen LogP contribution >= 0.6 is 27.7 Å². The number of rotatable bonds is 10. The van der Waals surface area contributed by atoms with Gasteiger partial charge in [0.15, 0.2) is 5.16 Å². The maximum absolute atomic E-state index is 13.0. The number of aromatic nitrogens is 2. The molecular formula is C20H26BrN3O4S. The standard InChI is InChI=1S/C20H26BrN3O4S/c1-2-27-9-4-8-24-19(26)16-11-14(21)6-7-17(16)23-20(24)29-13-18(25)22-12-15-5-3-10-28-15/h6-7,11,15H,2-5,8-10,12-13H2,1H3,(H,22,25). The molecule has 3 rings (SSSR count). The first-order chi connectivity index (χ1) is 14.1. The molecule has 9 heteroatoms. The molecule has 1 N–H and O–H groups in total. The molecule has 0 spiro atoms. The van der Waals surface area contributed by atoms with Gasteiger partial charge in [-0.25, -0.2) is 4.98 Å². The zero-order valence-electron chi connectivity index (χ0n) is 16.5. The molecule has 1 atom stereocenters. The lowest BCUT2D eigenvalue weighted by atomic mass is 10.2. The van der Waals surface area contributed by atoms with Crippen molar-refractivity contribution in [2.45, 2.75) is 44.0 Å². The Kier molecular flexibility index (Phi) is 8.53. The van der Waals surface area contributed by atoms with Crippen molar-refractivity contribution >= 4 is 44.5 Å². The van der Waals surface area contributed by atoms with Crippen LogP contribution in [0.4, 0.5) is 0 Å². The van der Waals surface area contributed by atoms with E-state index in [0.29, 0.717) is 48.8 Å². The molecule has 1 saturated heterocycles. The van der Waals surface area contributed by atoms with Crippen molar-refractivity contribution in [2.24, 2.45) is 0 Å². The second-order valence-corrected chi connectivity index (χ2v) is 8.65. The molecule has 29 heavy (non-hydrogen) atoms. The Balaban J connectivity index is 1.72. The zero-order chi connectivity index (χ0) is 20.6. The van der Waals surface area contributed by atoms with Gasteiger partial charge in [-0.05, 0) is 44.4 Å². The summed E-state index contributed by atoms with van der Waals surface area (Å²) in [6.45, 7) is 4.95. The van der Waals surface area contributed by atoms with E-state index in [9.17, 15) is 9.59 Å². The van der Waals surface area contributed by atoms with Gasteiger partial charge in [-0.15, -0.1) is 0 Å². The van der Waals surface area contributed by atoms with Crippen LogP contribution in [0.15, 0.2) is 32.6 Å². The zero-order valence-corrected chi connectivity index (χ0v) is 18.9. The summed E-state index contributed by atoms with van der Waals surface area (Å²) < 4.78 is 13.4. The summed E-state index contributed by atoms with van der Waals surface area (Å²) in [7, 11) is 0. The fraction of sp³-hybridized carbons (Fsp3) is 0.550. The third-order valence-electron chi connectivity index (χ3n) is 4.64. The van der Waals surface area contributed by atoms with Gasteiger partial charge in [-0.3, -0.25) is 14.2 Å². The molecule has 1 aliphatic heterocycles. The average Bonchev–Trinajstić information content (AvgIpc) is 3.24. The van der Waals surface area contributed by atoms with Crippen LogP contribution in [0.3, 0.4) is 0 Å². The molecule has 7 nitrogen and oxygen atoms in total. The largest absolute Gasteiger partial charge is 0.382 e. The lowest BCUT2D eigenvalue weighted by molar-refractivity contribution is -0.119. The summed E-state index contributed by atoms with van der Waals surface area (Å²) in [5.41, 5.74) is 0.525. The highest BCUT2D eigenvalue weighted by Gasteiger charge is 2.17. The van der Waals surface area contributed by atoms with Crippen molar-refractivity contribution in [1.82, 2.24) is 14.9 Å². The van der Waals surface area contributed by atoms with E-state index in [1.807, 2.05) is 19.1 Å². The van der Waals surface area contributed by atoms with Gasteiger partial charge in [0.2, 0.25) is 5.91 Å². The van der Waals surface area contributed by atoms with Crippen LogP contribution in [-0.4, -0.2) is 53.7 Å². The SMILES string of the molecule is CCOCCCn1c(SCC(=O)NCC2CCCO2)nc2ccc(Br)cc2c1=O. The fourth-order valence-corrected chi connectivity index (χ4v) is 4.38. The summed E-state index contributed by atoms with van der Waals surface area (Å²) in [5, 5.41) is 4.02. The number of ether oxygens (including phenoxy) is 2. The molecule has 0 bridgehead atoms. The van der Waals surface area contributed by atoms with Gasteiger partial charge in [0.1, 0.15) is 0 Å². The molecule has 1 unspecified atom stereocenters. The van der Waals surface area contributed by atoms with Gasteiger partial charge in [-0.1, -0.05) is 27.7 Å². The molecule has 2 aromatic rings. The number of hydrogen-bond donors (Lipinski definition) is 1. The summed E-state index contributed by atoms with van der Waals surface area (Å²) in [5.74, 6) is 0.114. The van der Waals surface area contributed by atoms with Crippen LogP contribution in [0.25, 0.3) is 10.9 Å². The highest BCUT2D eigenvalue weighted by Crippen LogP contribution is 2.21. The number of thioether (sulfide) groups is 1. The van der Waals surface area contributed by atoms with Gasteiger partial charge >= 0.3 is 0 Å². The first-order valence-electron chi connectivity index (χ1n) is 9.87. The molecule has 0 aliphatic carbocycles. The minimum Gasteiger partial charge on any atom is -0.382 e. The van der Waals surface area contributed by atoms with Gasteiger partial charge < -0.3 is 14.8 Å². The first kappa shape index (κ1) is 22.3. The first-order valence-corrected chi connectivity index (χ1v) is 11.6. The van der Waals surface area contributed by atoms with Gasteiger partial charge in [-0.2, -0.15) is 0 Å². The smallest absolute Gasteiger partial charge is 0.262 e. The third kappa shape index (κ3) is 6.28. The molecule has 1 aromatic heterocycles. The minimum atomic E-state index is -0.102. The van der Waals surface area contributed by atoms with Crippen LogP contribution < -0.4 is 10.9 Å². The Morgan fingerprint density at radius 2 is 2.34 bits per heavy atom. The lowest BCUT2D eigenvalue weighted by Crippen LogP contribution is -2.33. The Morgan fingerprint density at radius 3 is 3.10 bits per heavy atom. The molecular weight excluding hydrogens is 458 g/mol. The number of carbonyl (C=O) groups excluding carboxylic acids is 1. The van der Waals surface area contributed by atoms with E-state index < -0.39 is 0 Å². The topological polar surface area (TPSA) is 82.4 Å². The number of halogens is 1. The molecule has 2 heterocycles. The van der Waals surface area contributed by atoms with Crippen molar-refractivity contribution < 1.29 is 14.3 Å². The average molecular weight is 484 g/mol. The predicted molar refractivity (Wildman–Crippen MR) is 118 cm³/mol. The minimum absolute atomic E-state index is 0.0866. The van der Waals surface area contributed by atoms with E-state index in [1.54, 1.807) is 10.6 Å². The number of fused-ring (bicyclic) bond motifs is 1. The van der Waals surface area contributed by atoms with Crippen molar-refractivity contribution in [2.75, 3.05) is 32.1 Å². The van der Waals surface area contributed by atoms with Crippen LogP contribution in [0, 0.1) is 0 Å². The van der Waals surface area contributed by atoms with Crippen molar-refractivity contribution in [3.05, 3.63) is 33.0 Å². The van der Waals surface area contributed by atoms with E-state index in [2.05, 4.69) is 26.2 Å². The summed E-state index contributed by atoms with van der Waals surface area (Å²) in [6.07, 6.45) is 2.83. The van der Waals surface area contributed by atoms with E-state index in [-0.39, 0.29) is 23.3 Å². The lowest BCUT2D eigenvalue weighted by Gasteiger charge is -2.14. The molecule has 1 amide bonds. The molecule has 1 fully saturated rings. The molecule has 158 valence electrons. The van der Waals surface area contributed by atoms with E-state index >= 15 is 0 Å². The number of nitrogens with one attached hydrogen (secondary N) is 1. The monoisotopic (exact) mass is 483 g/mol. The Morgan fingerprint density at radius 1 is 1.48 bits per heavy atom. The van der Waals surface area contributed by atoms with Crippen LogP contribution in [0.5, 0.6) is 0 Å². The quantitative estimate of drug-likeness (QED) is 0.317. The molecule has 1 aliphatic rings. The van der Waals surface area contributed by atoms with Crippen molar-refractivity contribution in [3.63, 3.8) is 0 Å². The Hall–Kier alpha value is -1.42. The van der Waals surface area contributed by atoms with E-state index in [4.69, 9.17) is 9.47 Å². The number of benzene rings is 1. The van der Waals surface area contributed by atoms with Crippen molar-refractivity contribution in [3.8, 4) is 0 Å². The maximum atomic E-state index is 13.0. The Labute approximate surface area is 182 Å². The molecule has 0 radical (unpaired) electrons. The maximum Gasteiger partial charge on any atom is 0.262 e. The van der Waals surface area contributed by atoms with Crippen LogP contribution in [0.2, 0.25) is 0 Å². The summed E-state index contributed by atoms with van der Waals surface area (Å²) in [4.78, 5) is 29.9. The van der Waals surface area contributed by atoms with Crippen molar-refractivity contribution in [1.29, 1.82) is 0 Å². The molecule has 0 saturated carbocycles. The highest BCUT2D eigenvalue weighted by atomic mass is 79.9. The number of hydrogen-bond acceptors (Lipinski definition) is 6.